The Morgan fingerprint density at radius 3 is 2.48 bits per heavy atom. The predicted molar refractivity (Wildman–Crippen MR) is 104 cm³/mol. The Bertz CT molecular complexity index is 883. The lowest BCUT2D eigenvalue weighted by atomic mass is 10.2. The first kappa shape index (κ1) is 16.9. The molecule has 0 radical (unpaired) electrons. The van der Waals surface area contributed by atoms with E-state index in [1.807, 2.05) is 24.3 Å². The molecule has 0 amide bonds. The van der Waals surface area contributed by atoms with Crippen molar-refractivity contribution in [3.63, 3.8) is 0 Å². The van der Waals surface area contributed by atoms with E-state index in [0.717, 1.165) is 54.2 Å². The Morgan fingerprint density at radius 2 is 1.68 bits per heavy atom. The van der Waals surface area contributed by atoms with Gasteiger partial charge >= 0.3 is 0 Å². The molecule has 2 heterocycles. The number of para-hydroxylation sites is 1. The van der Waals surface area contributed by atoms with Gasteiger partial charge in [-0.3, -0.25) is 4.90 Å². The lowest BCUT2D eigenvalue weighted by Gasteiger charge is -2.33. The van der Waals surface area contributed by atoms with E-state index in [1.165, 1.54) is 5.39 Å². The average Bonchev–Trinajstić information content (AvgIpc) is 2.91. The number of benzene rings is 2. The predicted octanol–water partition coefficient (Wildman–Crippen LogP) is 3.06. The highest BCUT2D eigenvalue weighted by molar-refractivity contribution is 6.31. The molecule has 0 bridgehead atoms. The van der Waals surface area contributed by atoms with E-state index in [2.05, 4.69) is 39.6 Å². The van der Waals surface area contributed by atoms with Crippen LogP contribution in [0.1, 0.15) is 0 Å². The molecule has 2 aromatic carbocycles. The van der Waals surface area contributed by atoms with Gasteiger partial charge in [-0.05, 0) is 31.3 Å². The molecular formula is C20H24ClN3O. The van der Waals surface area contributed by atoms with E-state index < -0.39 is 6.10 Å². The number of aliphatic hydroxyl groups excluding tert-OH is 1. The molecule has 5 heteroatoms. The maximum Gasteiger partial charge on any atom is 0.0845 e. The molecule has 132 valence electrons. The molecule has 1 atom stereocenters. The van der Waals surface area contributed by atoms with Crippen molar-refractivity contribution in [3.05, 3.63) is 47.5 Å². The second-order valence-corrected chi connectivity index (χ2v) is 7.48. The van der Waals surface area contributed by atoms with Gasteiger partial charge in [-0.2, -0.15) is 0 Å². The van der Waals surface area contributed by atoms with Crippen LogP contribution in [0.3, 0.4) is 0 Å². The summed E-state index contributed by atoms with van der Waals surface area (Å²) in [5, 5.41) is 13.8. The molecule has 1 saturated heterocycles. The van der Waals surface area contributed by atoms with Crippen LogP contribution < -0.4 is 0 Å². The number of aliphatic hydroxyl groups is 1. The molecule has 0 aliphatic carbocycles. The largest absolute Gasteiger partial charge is 0.390 e. The summed E-state index contributed by atoms with van der Waals surface area (Å²) in [5.41, 5.74) is 2.28. The lowest BCUT2D eigenvalue weighted by molar-refractivity contribution is 0.0723. The first-order chi connectivity index (χ1) is 12.1. The van der Waals surface area contributed by atoms with E-state index in [0.29, 0.717) is 6.54 Å². The summed E-state index contributed by atoms with van der Waals surface area (Å²) in [7, 11) is 2.15. The Balaban J connectivity index is 1.61. The quantitative estimate of drug-likeness (QED) is 0.778. The number of rotatable bonds is 4. The summed E-state index contributed by atoms with van der Waals surface area (Å²) in [6.07, 6.45) is -0.391. The minimum absolute atomic E-state index is 0.391. The van der Waals surface area contributed by atoms with Crippen molar-refractivity contribution in [2.24, 2.45) is 0 Å². The van der Waals surface area contributed by atoms with E-state index >= 15 is 0 Å². The van der Waals surface area contributed by atoms with Gasteiger partial charge in [0.15, 0.2) is 0 Å². The van der Waals surface area contributed by atoms with Gasteiger partial charge in [0, 0.05) is 59.6 Å². The monoisotopic (exact) mass is 357 g/mol. The van der Waals surface area contributed by atoms with Crippen molar-refractivity contribution >= 4 is 33.4 Å². The van der Waals surface area contributed by atoms with Crippen LogP contribution in [0.2, 0.25) is 5.02 Å². The number of fused-ring (bicyclic) bond motifs is 3. The van der Waals surface area contributed by atoms with Gasteiger partial charge in [0.05, 0.1) is 12.6 Å². The number of β-amino-alcohol motifs (C(OH)–C–C–N with tert-alkyl or cyclic N) is 1. The fraction of sp³-hybridized carbons (Fsp3) is 0.400. The van der Waals surface area contributed by atoms with E-state index in [-0.39, 0.29) is 0 Å². The number of hydrogen-bond donors (Lipinski definition) is 1. The van der Waals surface area contributed by atoms with Crippen LogP contribution in [0.15, 0.2) is 42.5 Å². The molecule has 4 nitrogen and oxygen atoms in total. The second kappa shape index (κ2) is 6.96. The minimum Gasteiger partial charge on any atom is -0.390 e. The highest BCUT2D eigenvalue weighted by Gasteiger charge is 2.19. The zero-order valence-corrected chi connectivity index (χ0v) is 15.3. The summed E-state index contributed by atoms with van der Waals surface area (Å²) in [5.74, 6) is 0. The van der Waals surface area contributed by atoms with Crippen molar-refractivity contribution in [2.45, 2.75) is 12.6 Å². The number of nitrogens with zero attached hydrogens (tertiary/aromatic N) is 3. The molecule has 4 rings (SSSR count). The SMILES string of the molecule is CN1CCN(C[C@@H](O)Cn2c3ccccc3c3cc(Cl)ccc32)CC1. The van der Waals surface area contributed by atoms with Gasteiger partial charge < -0.3 is 14.6 Å². The van der Waals surface area contributed by atoms with Crippen molar-refractivity contribution in [1.29, 1.82) is 0 Å². The fourth-order valence-corrected chi connectivity index (χ4v) is 3.99. The summed E-state index contributed by atoms with van der Waals surface area (Å²) in [4.78, 5) is 4.69. The number of likely N-dealkylation sites (N-methyl/N-ethyl adjacent to an activating group) is 1. The van der Waals surface area contributed by atoms with Crippen LogP contribution in [0.5, 0.6) is 0 Å². The summed E-state index contributed by atoms with van der Waals surface area (Å²) in [6, 6.07) is 14.3. The van der Waals surface area contributed by atoms with Gasteiger partial charge in [-0.25, -0.2) is 0 Å². The van der Waals surface area contributed by atoms with Crippen molar-refractivity contribution in [2.75, 3.05) is 39.8 Å². The zero-order chi connectivity index (χ0) is 17.4. The highest BCUT2D eigenvalue weighted by Crippen LogP contribution is 2.31. The van der Waals surface area contributed by atoms with Crippen molar-refractivity contribution in [3.8, 4) is 0 Å². The molecule has 1 aliphatic rings. The van der Waals surface area contributed by atoms with E-state index in [1.54, 1.807) is 0 Å². The van der Waals surface area contributed by atoms with Crippen molar-refractivity contribution < 1.29 is 5.11 Å². The normalized spacial score (nSPS) is 18.2. The van der Waals surface area contributed by atoms with Crippen LogP contribution in [-0.4, -0.2) is 65.3 Å². The zero-order valence-electron chi connectivity index (χ0n) is 14.5. The molecule has 25 heavy (non-hydrogen) atoms. The van der Waals surface area contributed by atoms with Crippen LogP contribution >= 0.6 is 11.6 Å². The van der Waals surface area contributed by atoms with E-state index in [9.17, 15) is 5.11 Å². The van der Waals surface area contributed by atoms with Gasteiger partial charge in [-0.1, -0.05) is 29.8 Å². The molecule has 1 aromatic heterocycles. The summed E-state index contributed by atoms with van der Waals surface area (Å²) >= 11 is 6.21. The standard InChI is InChI=1S/C20H24ClN3O/c1-22-8-10-23(11-9-22)13-16(25)14-24-19-5-3-2-4-17(19)18-12-15(21)6-7-20(18)24/h2-7,12,16,25H,8-11,13-14H2,1H3/t16-/m1/s1. The number of aromatic nitrogens is 1. The lowest BCUT2D eigenvalue weighted by Crippen LogP contribution is -2.47. The maximum absolute atomic E-state index is 10.7. The van der Waals surface area contributed by atoms with Gasteiger partial charge in [0.2, 0.25) is 0 Å². The van der Waals surface area contributed by atoms with Gasteiger partial charge in [0.1, 0.15) is 0 Å². The molecule has 1 aliphatic heterocycles. The Morgan fingerprint density at radius 1 is 0.960 bits per heavy atom. The Hall–Kier alpha value is -1.59. The molecule has 3 aromatic rings. The molecular weight excluding hydrogens is 334 g/mol. The molecule has 1 N–H and O–H groups in total. The van der Waals surface area contributed by atoms with Crippen molar-refractivity contribution in [1.82, 2.24) is 14.4 Å². The third-order valence-corrected chi connectivity index (χ3v) is 5.43. The second-order valence-electron chi connectivity index (χ2n) is 7.05. The third-order valence-electron chi connectivity index (χ3n) is 5.19. The first-order valence-electron chi connectivity index (χ1n) is 8.87. The van der Waals surface area contributed by atoms with Crippen LogP contribution in [0.4, 0.5) is 0 Å². The Kier molecular flexibility index (Phi) is 4.69. The number of piperazine rings is 1. The molecule has 1 fully saturated rings. The summed E-state index contributed by atoms with van der Waals surface area (Å²) < 4.78 is 2.22. The van der Waals surface area contributed by atoms with Crippen LogP contribution in [0, 0.1) is 0 Å². The fourth-order valence-electron chi connectivity index (χ4n) is 3.82. The van der Waals surface area contributed by atoms with Gasteiger partial charge in [-0.15, -0.1) is 0 Å². The molecule has 0 unspecified atom stereocenters. The number of halogens is 1. The third kappa shape index (κ3) is 3.40. The smallest absolute Gasteiger partial charge is 0.0845 e. The highest BCUT2D eigenvalue weighted by atomic mass is 35.5. The average molecular weight is 358 g/mol. The van der Waals surface area contributed by atoms with E-state index in [4.69, 9.17) is 11.6 Å². The number of hydrogen-bond acceptors (Lipinski definition) is 3. The molecule has 0 saturated carbocycles. The van der Waals surface area contributed by atoms with Crippen LogP contribution in [-0.2, 0) is 6.54 Å². The van der Waals surface area contributed by atoms with Crippen LogP contribution in [0.25, 0.3) is 21.8 Å². The topological polar surface area (TPSA) is 31.6 Å². The Labute approximate surface area is 153 Å². The minimum atomic E-state index is -0.391. The molecule has 0 spiro atoms. The van der Waals surface area contributed by atoms with Gasteiger partial charge in [0.25, 0.3) is 0 Å². The first-order valence-corrected chi connectivity index (χ1v) is 9.25. The maximum atomic E-state index is 10.7. The summed E-state index contributed by atoms with van der Waals surface area (Å²) in [6.45, 7) is 5.50.